The first-order valence-corrected chi connectivity index (χ1v) is 9.07. The van der Waals surface area contributed by atoms with Gasteiger partial charge in [-0.2, -0.15) is 0 Å². The van der Waals surface area contributed by atoms with E-state index in [0.717, 1.165) is 16.9 Å². The van der Waals surface area contributed by atoms with Crippen molar-refractivity contribution in [3.8, 4) is 17.0 Å². The van der Waals surface area contributed by atoms with Crippen molar-refractivity contribution in [1.29, 1.82) is 0 Å². The van der Waals surface area contributed by atoms with E-state index in [-0.39, 0.29) is 11.8 Å². The molecule has 1 aliphatic heterocycles. The van der Waals surface area contributed by atoms with E-state index >= 15 is 0 Å². The van der Waals surface area contributed by atoms with Crippen LogP contribution < -0.4 is 15.0 Å². The lowest BCUT2D eigenvalue weighted by Gasteiger charge is -2.30. The molecule has 0 bridgehead atoms. The van der Waals surface area contributed by atoms with Crippen LogP contribution in [0.4, 0.5) is 10.8 Å². The molecule has 0 saturated heterocycles. The maximum atomic E-state index is 12.1. The Kier molecular flexibility index (Phi) is 4.76. The molecule has 1 atom stereocenters. The summed E-state index contributed by atoms with van der Waals surface area (Å²) in [5.74, 6) is 0.869. The number of nitrogens with one attached hydrogen (secondary N) is 1. The standard InChI is InChI=1S/C18H21N3O3S/c1-10(2)7-16(22)20-18-19-13(9-25-18)12-5-6-15-14(8-12)21(4)17(23)11(3)24-15/h5-6,8-11H,7H2,1-4H3,(H,19,20,22). The fourth-order valence-corrected chi connectivity index (χ4v) is 3.41. The minimum absolute atomic E-state index is 0.0333. The van der Waals surface area contributed by atoms with Crippen LogP contribution in [0.1, 0.15) is 27.2 Å². The molecular weight excluding hydrogens is 338 g/mol. The van der Waals surface area contributed by atoms with Crippen molar-refractivity contribution >= 4 is 34.0 Å². The molecule has 0 saturated carbocycles. The minimum Gasteiger partial charge on any atom is -0.479 e. The molecule has 1 aliphatic rings. The molecule has 1 aromatic carbocycles. The van der Waals surface area contributed by atoms with Crippen LogP contribution in [0, 0.1) is 5.92 Å². The van der Waals surface area contributed by atoms with Gasteiger partial charge in [0.2, 0.25) is 5.91 Å². The Bertz CT molecular complexity index is 816. The monoisotopic (exact) mass is 359 g/mol. The third-order valence-electron chi connectivity index (χ3n) is 3.94. The van der Waals surface area contributed by atoms with E-state index in [1.807, 2.05) is 37.4 Å². The highest BCUT2D eigenvalue weighted by atomic mass is 32.1. The molecule has 7 heteroatoms. The quantitative estimate of drug-likeness (QED) is 0.906. The summed E-state index contributed by atoms with van der Waals surface area (Å²) in [7, 11) is 1.74. The first-order valence-electron chi connectivity index (χ1n) is 8.19. The predicted octanol–water partition coefficient (Wildman–Crippen LogP) is 3.54. The van der Waals surface area contributed by atoms with Gasteiger partial charge < -0.3 is 15.0 Å². The summed E-state index contributed by atoms with van der Waals surface area (Å²) in [6, 6.07) is 5.64. The molecule has 0 radical (unpaired) electrons. The van der Waals surface area contributed by atoms with Crippen molar-refractivity contribution in [3.05, 3.63) is 23.6 Å². The summed E-state index contributed by atoms with van der Waals surface area (Å²) in [5.41, 5.74) is 2.35. The third kappa shape index (κ3) is 3.66. The predicted molar refractivity (Wildman–Crippen MR) is 99.1 cm³/mol. The number of ether oxygens (including phenoxy) is 1. The number of anilines is 2. The Morgan fingerprint density at radius 1 is 1.44 bits per heavy atom. The van der Waals surface area contributed by atoms with Gasteiger partial charge >= 0.3 is 0 Å². The van der Waals surface area contributed by atoms with Crippen molar-refractivity contribution in [3.63, 3.8) is 0 Å². The smallest absolute Gasteiger partial charge is 0.267 e. The average molecular weight is 359 g/mol. The van der Waals surface area contributed by atoms with Gasteiger partial charge in [0.25, 0.3) is 5.91 Å². The molecule has 2 aromatic rings. The van der Waals surface area contributed by atoms with Crippen molar-refractivity contribution in [1.82, 2.24) is 4.98 Å². The summed E-state index contributed by atoms with van der Waals surface area (Å²) < 4.78 is 5.63. The van der Waals surface area contributed by atoms with E-state index in [9.17, 15) is 9.59 Å². The van der Waals surface area contributed by atoms with Gasteiger partial charge in [-0.15, -0.1) is 11.3 Å². The Hall–Kier alpha value is -2.41. The van der Waals surface area contributed by atoms with Gasteiger partial charge in [0.15, 0.2) is 11.2 Å². The number of hydrogen-bond acceptors (Lipinski definition) is 5. The average Bonchev–Trinajstić information content (AvgIpc) is 3.00. The molecule has 25 heavy (non-hydrogen) atoms. The summed E-state index contributed by atoms with van der Waals surface area (Å²) in [4.78, 5) is 30.0. The molecule has 6 nitrogen and oxygen atoms in total. The second-order valence-electron chi connectivity index (χ2n) is 6.52. The van der Waals surface area contributed by atoms with Crippen LogP contribution >= 0.6 is 11.3 Å². The Labute approximate surface area is 150 Å². The molecule has 132 valence electrons. The van der Waals surface area contributed by atoms with Gasteiger partial charge in [0.1, 0.15) is 5.75 Å². The highest BCUT2D eigenvalue weighted by molar-refractivity contribution is 7.14. The van der Waals surface area contributed by atoms with E-state index in [0.29, 0.717) is 23.2 Å². The van der Waals surface area contributed by atoms with Crippen LogP contribution in [0.15, 0.2) is 23.6 Å². The number of rotatable bonds is 4. The first-order chi connectivity index (χ1) is 11.8. The molecule has 2 heterocycles. The van der Waals surface area contributed by atoms with E-state index in [1.165, 1.54) is 11.3 Å². The molecule has 0 spiro atoms. The number of nitrogens with zero attached hydrogens (tertiary/aromatic N) is 2. The zero-order chi connectivity index (χ0) is 18.1. The number of benzene rings is 1. The number of aromatic nitrogens is 1. The Morgan fingerprint density at radius 3 is 2.92 bits per heavy atom. The van der Waals surface area contributed by atoms with Crippen LogP contribution in [-0.2, 0) is 9.59 Å². The number of amides is 2. The second kappa shape index (κ2) is 6.84. The second-order valence-corrected chi connectivity index (χ2v) is 7.38. The van der Waals surface area contributed by atoms with Crippen LogP contribution in [0.3, 0.4) is 0 Å². The summed E-state index contributed by atoms with van der Waals surface area (Å²) in [6.07, 6.45) is -0.0127. The van der Waals surface area contributed by atoms with Gasteiger partial charge in [-0.3, -0.25) is 9.59 Å². The van der Waals surface area contributed by atoms with Gasteiger partial charge in [0, 0.05) is 24.4 Å². The summed E-state index contributed by atoms with van der Waals surface area (Å²) in [6.45, 7) is 5.74. The van der Waals surface area contributed by atoms with E-state index in [1.54, 1.807) is 18.9 Å². The highest BCUT2D eigenvalue weighted by Crippen LogP contribution is 2.37. The van der Waals surface area contributed by atoms with Gasteiger partial charge in [-0.1, -0.05) is 13.8 Å². The largest absolute Gasteiger partial charge is 0.479 e. The van der Waals surface area contributed by atoms with Crippen LogP contribution in [0.2, 0.25) is 0 Å². The van der Waals surface area contributed by atoms with Crippen LogP contribution in [0.5, 0.6) is 5.75 Å². The zero-order valence-corrected chi connectivity index (χ0v) is 15.5. The number of carbonyl (C=O) groups is 2. The van der Waals surface area contributed by atoms with Gasteiger partial charge in [-0.25, -0.2) is 4.98 Å². The fourth-order valence-electron chi connectivity index (χ4n) is 2.68. The van der Waals surface area contributed by atoms with E-state index in [4.69, 9.17) is 4.74 Å². The maximum Gasteiger partial charge on any atom is 0.267 e. The van der Waals surface area contributed by atoms with Crippen molar-refractivity contribution in [2.45, 2.75) is 33.3 Å². The molecule has 1 unspecified atom stereocenters. The molecular formula is C18H21N3O3S. The van der Waals surface area contributed by atoms with Crippen molar-refractivity contribution in [2.24, 2.45) is 5.92 Å². The Morgan fingerprint density at radius 2 is 2.20 bits per heavy atom. The van der Waals surface area contributed by atoms with Gasteiger partial charge in [-0.05, 0) is 31.0 Å². The molecule has 3 rings (SSSR count). The zero-order valence-electron chi connectivity index (χ0n) is 14.7. The van der Waals surface area contributed by atoms with Gasteiger partial charge in [0.05, 0.1) is 11.4 Å². The lowest BCUT2D eigenvalue weighted by molar-refractivity contribution is -0.125. The third-order valence-corrected chi connectivity index (χ3v) is 4.70. The lowest BCUT2D eigenvalue weighted by atomic mass is 10.1. The lowest BCUT2D eigenvalue weighted by Crippen LogP contribution is -2.41. The fraction of sp³-hybridized carbons (Fsp3) is 0.389. The van der Waals surface area contributed by atoms with Crippen molar-refractivity contribution in [2.75, 3.05) is 17.3 Å². The SMILES string of the molecule is CC(C)CC(=O)Nc1nc(-c2ccc3c(c2)N(C)C(=O)C(C)O3)cs1. The van der Waals surface area contributed by atoms with Crippen LogP contribution in [0.25, 0.3) is 11.3 Å². The summed E-state index contributed by atoms with van der Waals surface area (Å²) >= 11 is 1.38. The normalized spacial score (nSPS) is 16.6. The number of carbonyl (C=O) groups excluding carboxylic acids is 2. The molecule has 0 aliphatic carbocycles. The number of hydrogen-bond donors (Lipinski definition) is 1. The van der Waals surface area contributed by atoms with Crippen LogP contribution in [-0.4, -0.2) is 29.9 Å². The number of thiazole rings is 1. The van der Waals surface area contributed by atoms with Crippen molar-refractivity contribution < 1.29 is 14.3 Å². The Balaban J connectivity index is 1.82. The number of likely N-dealkylation sites (N-methyl/N-ethyl adjacent to an activating group) is 1. The highest BCUT2D eigenvalue weighted by Gasteiger charge is 2.29. The summed E-state index contributed by atoms with van der Waals surface area (Å²) in [5, 5.41) is 5.29. The molecule has 1 N–H and O–H groups in total. The molecule has 2 amide bonds. The molecule has 0 fully saturated rings. The minimum atomic E-state index is -0.481. The van der Waals surface area contributed by atoms with E-state index in [2.05, 4.69) is 10.3 Å². The number of fused-ring (bicyclic) bond motifs is 1. The maximum absolute atomic E-state index is 12.1. The van der Waals surface area contributed by atoms with E-state index < -0.39 is 6.10 Å². The topological polar surface area (TPSA) is 71.5 Å². The first kappa shape index (κ1) is 17.4. The molecule has 1 aromatic heterocycles.